The van der Waals surface area contributed by atoms with Crippen LogP contribution in [0.3, 0.4) is 0 Å². The van der Waals surface area contributed by atoms with E-state index in [1.165, 1.54) is 22.3 Å². The molecule has 0 radical (unpaired) electrons. The molecule has 170 valence electrons. The minimum absolute atomic E-state index is 0.0678. The van der Waals surface area contributed by atoms with Gasteiger partial charge in [-0.2, -0.15) is 0 Å². The van der Waals surface area contributed by atoms with Crippen LogP contribution >= 0.6 is 0 Å². The number of nitrogens with zero attached hydrogens (tertiary/aromatic N) is 1. The first kappa shape index (κ1) is 23.0. The summed E-state index contributed by atoms with van der Waals surface area (Å²) in [6, 6.07) is 22.2. The lowest BCUT2D eigenvalue weighted by molar-refractivity contribution is 0.103. The number of benzene rings is 3. The van der Waals surface area contributed by atoms with Gasteiger partial charge in [0.2, 0.25) is 0 Å². The van der Waals surface area contributed by atoms with Crippen molar-refractivity contribution in [2.24, 2.45) is 5.16 Å². The Balaban J connectivity index is 1.91. The van der Waals surface area contributed by atoms with Crippen molar-refractivity contribution in [3.8, 4) is 11.1 Å². The predicted molar refractivity (Wildman–Crippen MR) is 136 cm³/mol. The number of fused-ring (bicyclic) bond motifs is 3. The molecule has 0 saturated heterocycles. The minimum Gasteiger partial charge on any atom is -0.411 e. The molecule has 0 amide bonds. The average molecular weight is 440 g/mol. The van der Waals surface area contributed by atoms with Crippen molar-refractivity contribution in [2.75, 3.05) is 0 Å². The lowest BCUT2D eigenvalue weighted by Gasteiger charge is -2.33. The molecule has 33 heavy (non-hydrogen) atoms. The Bertz CT molecular complexity index is 1170. The predicted octanol–water partition coefficient (Wildman–Crippen LogP) is 7.76. The van der Waals surface area contributed by atoms with Crippen LogP contribution in [-0.2, 0) is 5.41 Å². The van der Waals surface area contributed by atoms with E-state index in [1.807, 2.05) is 49.4 Å². The second kappa shape index (κ2) is 9.74. The third-order valence-electron chi connectivity index (χ3n) is 7.14. The van der Waals surface area contributed by atoms with Crippen molar-refractivity contribution < 1.29 is 10.0 Å². The fourth-order valence-corrected chi connectivity index (χ4v) is 5.30. The number of rotatable bonds is 9. The quantitative estimate of drug-likeness (QED) is 0.160. The van der Waals surface area contributed by atoms with Gasteiger partial charge in [-0.25, -0.2) is 0 Å². The third-order valence-corrected chi connectivity index (χ3v) is 7.14. The molecule has 1 N–H and O–H groups in total. The number of carbonyl (C=O) groups is 1. The first-order valence-electron chi connectivity index (χ1n) is 12.1. The smallest absolute Gasteiger partial charge is 0.193 e. The van der Waals surface area contributed by atoms with Crippen molar-refractivity contribution in [3.63, 3.8) is 0 Å². The summed E-state index contributed by atoms with van der Waals surface area (Å²) in [5.41, 5.74) is 7.96. The van der Waals surface area contributed by atoms with Crippen LogP contribution in [0.4, 0.5) is 0 Å². The molecule has 1 aliphatic carbocycles. The van der Waals surface area contributed by atoms with Gasteiger partial charge in [0.25, 0.3) is 0 Å². The molecule has 3 aromatic rings. The van der Waals surface area contributed by atoms with Crippen LogP contribution in [0.2, 0.25) is 0 Å². The van der Waals surface area contributed by atoms with Crippen LogP contribution in [-0.4, -0.2) is 16.7 Å². The standard InChI is InChI=1S/C30H33NO2/c1-4-6-17-30(18-7-5-2)27-19-23(21(3)31-33)13-15-25(27)26-16-14-24(20-28(26)30)29(32)22-11-9-8-10-12-22/h8-16,19-20,33H,4-7,17-18H2,1-3H3/b31-21+. The zero-order valence-corrected chi connectivity index (χ0v) is 19.9. The third kappa shape index (κ3) is 4.13. The highest BCUT2D eigenvalue weighted by atomic mass is 16.4. The fourth-order valence-electron chi connectivity index (χ4n) is 5.30. The molecular weight excluding hydrogens is 406 g/mol. The molecule has 3 heteroatoms. The molecule has 3 nitrogen and oxygen atoms in total. The normalized spacial score (nSPS) is 14.1. The zero-order chi connectivity index (χ0) is 23.4. The van der Waals surface area contributed by atoms with Gasteiger partial charge in [0.1, 0.15) is 0 Å². The number of hydrogen-bond donors (Lipinski definition) is 1. The second-order valence-corrected chi connectivity index (χ2v) is 9.19. The molecule has 0 aromatic heterocycles. The number of unbranched alkanes of at least 4 members (excludes halogenated alkanes) is 2. The lowest BCUT2D eigenvalue weighted by Crippen LogP contribution is -2.26. The largest absolute Gasteiger partial charge is 0.411 e. The van der Waals surface area contributed by atoms with E-state index in [-0.39, 0.29) is 11.2 Å². The highest BCUT2D eigenvalue weighted by Crippen LogP contribution is 2.54. The molecule has 0 bridgehead atoms. The van der Waals surface area contributed by atoms with Crippen LogP contribution in [0.25, 0.3) is 11.1 Å². The maximum atomic E-state index is 13.3. The molecule has 1 aliphatic rings. The zero-order valence-electron chi connectivity index (χ0n) is 19.9. The molecule has 0 saturated carbocycles. The maximum absolute atomic E-state index is 13.3. The van der Waals surface area contributed by atoms with Gasteiger partial charge in [0.05, 0.1) is 5.71 Å². The Kier molecular flexibility index (Phi) is 6.78. The highest BCUT2D eigenvalue weighted by molar-refractivity contribution is 6.09. The van der Waals surface area contributed by atoms with E-state index in [2.05, 4.69) is 43.3 Å². The Morgan fingerprint density at radius 3 is 1.88 bits per heavy atom. The summed E-state index contributed by atoms with van der Waals surface area (Å²) < 4.78 is 0. The van der Waals surface area contributed by atoms with Crippen molar-refractivity contribution >= 4 is 11.5 Å². The van der Waals surface area contributed by atoms with Crippen molar-refractivity contribution in [3.05, 3.63) is 94.5 Å². The van der Waals surface area contributed by atoms with E-state index < -0.39 is 0 Å². The van der Waals surface area contributed by atoms with Crippen molar-refractivity contribution in [1.29, 1.82) is 0 Å². The number of carbonyl (C=O) groups excluding carboxylic acids is 1. The summed E-state index contributed by atoms with van der Waals surface area (Å²) in [5, 5.41) is 12.8. The van der Waals surface area contributed by atoms with Crippen LogP contribution in [0.1, 0.15) is 91.9 Å². The summed E-state index contributed by atoms with van der Waals surface area (Å²) in [5.74, 6) is 0.0678. The van der Waals surface area contributed by atoms with Crippen molar-refractivity contribution in [1.82, 2.24) is 0 Å². The summed E-state index contributed by atoms with van der Waals surface area (Å²) in [7, 11) is 0. The topological polar surface area (TPSA) is 49.7 Å². The molecule has 0 heterocycles. The lowest BCUT2D eigenvalue weighted by atomic mass is 9.70. The summed E-state index contributed by atoms with van der Waals surface area (Å²) in [4.78, 5) is 13.3. The van der Waals surface area contributed by atoms with Crippen molar-refractivity contribution in [2.45, 2.75) is 64.7 Å². The minimum atomic E-state index is -0.130. The van der Waals surface area contributed by atoms with Gasteiger partial charge in [-0.3, -0.25) is 4.79 Å². The van der Waals surface area contributed by atoms with E-state index in [1.54, 1.807) is 0 Å². The monoisotopic (exact) mass is 439 g/mol. The van der Waals surface area contributed by atoms with E-state index in [0.717, 1.165) is 55.2 Å². The number of hydrogen-bond acceptors (Lipinski definition) is 3. The SMILES string of the molecule is CCCCC1(CCCC)c2cc(C(=O)c3ccccc3)ccc2-c2ccc(/C(C)=N/O)cc21. The Morgan fingerprint density at radius 1 is 0.788 bits per heavy atom. The highest BCUT2D eigenvalue weighted by Gasteiger charge is 2.42. The van der Waals surface area contributed by atoms with E-state index >= 15 is 0 Å². The van der Waals surface area contributed by atoms with Gasteiger partial charge in [-0.15, -0.1) is 0 Å². The number of ketones is 1. The molecule has 0 spiro atoms. The van der Waals surface area contributed by atoms with E-state index in [0.29, 0.717) is 5.71 Å². The van der Waals surface area contributed by atoms with Gasteiger partial charge >= 0.3 is 0 Å². The van der Waals surface area contributed by atoms with Gasteiger partial charge < -0.3 is 5.21 Å². The first-order chi connectivity index (χ1) is 16.1. The van der Waals surface area contributed by atoms with Crippen LogP contribution in [0.15, 0.2) is 71.9 Å². The Hall–Kier alpha value is -3.20. The van der Waals surface area contributed by atoms with Crippen LogP contribution in [0, 0.1) is 0 Å². The molecule has 0 aliphatic heterocycles. The van der Waals surface area contributed by atoms with Crippen LogP contribution < -0.4 is 0 Å². The fraction of sp³-hybridized carbons (Fsp3) is 0.333. The van der Waals surface area contributed by atoms with Gasteiger partial charge in [-0.05, 0) is 59.7 Å². The molecule has 3 aromatic carbocycles. The summed E-state index contributed by atoms with van der Waals surface area (Å²) >= 11 is 0. The molecule has 4 rings (SSSR count). The Morgan fingerprint density at radius 2 is 1.33 bits per heavy atom. The summed E-state index contributed by atoms with van der Waals surface area (Å²) in [6.45, 7) is 6.30. The van der Waals surface area contributed by atoms with Gasteiger partial charge in [-0.1, -0.05) is 99.3 Å². The second-order valence-electron chi connectivity index (χ2n) is 9.19. The van der Waals surface area contributed by atoms with E-state index in [4.69, 9.17) is 0 Å². The average Bonchev–Trinajstić information content (AvgIpc) is 3.14. The first-order valence-corrected chi connectivity index (χ1v) is 12.1. The number of oxime groups is 1. The van der Waals surface area contributed by atoms with E-state index in [9.17, 15) is 10.0 Å². The molecule has 0 unspecified atom stereocenters. The summed E-state index contributed by atoms with van der Waals surface area (Å²) in [6.07, 6.45) is 6.58. The Labute approximate surface area is 197 Å². The van der Waals surface area contributed by atoms with Crippen LogP contribution in [0.5, 0.6) is 0 Å². The van der Waals surface area contributed by atoms with Gasteiger partial charge in [0, 0.05) is 16.5 Å². The van der Waals surface area contributed by atoms with Gasteiger partial charge in [0.15, 0.2) is 5.78 Å². The molecule has 0 atom stereocenters. The maximum Gasteiger partial charge on any atom is 0.193 e. The molecular formula is C30H33NO2. The molecule has 0 fully saturated rings.